The average molecular weight is 316 g/mol. The number of nitrogens with one attached hydrogen (secondary N) is 1. The number of aryl methyl sites for hydroxylation is 1. The Morgan fingerprint density at radius 3 is 2.67 bits per heavy atom. The van der Waals surface area contributed by atoms with Gasteiger partial charge in [-0.25, -0.2) is 14.6 Å². The number of carboxylic acid groups (broad SMARTS) is 1. The van der Waals surface area contributed by atoms with Crippen LogP contribution in [0.5, 0.6) is 0 Å². The lowest BCUT2D eigenvalue weighted by Crippen LogP contribution is -2.44. The van der Waals surface area contributed by atoms with Gasteiger partial charge in [-0.2, -0.15) is 11.8 Å². The Bertz CT molecular complexity index is 495. The van der Waals surface area contributed by atoms with E-state index in [0.29, 0.717) is 11.5 Å². The van der Waals surface area contributed by atoms with Crippen molar-refractivity contribution in [3.8, 4) is 0 Å². The Hall–Kier alpha value is -1.70. The van der Waals surface area contributed by atoms with Gasteiger partial charge in [-0.3, -0.25) is 0 Å². The van der Waals surface area contributed by atoms with E-state index in [1.165, 1.54) is 18.2 Å². The molecule has 1 aromatic rings. The standard InChI is InChI=1S/C13H20N2O5S/c1-8-9(14-7-19-8)5-21-6-10(11(16)17)15-12(18)20-13(2,3)4/h7,10H,5-6H2,1-4H3,(H,15,18)(H,16,17). The molecule has 1 unspecified atom stereocenters. The summed E-state index contributed by atoms with van der Waals surface area (Å²) in [4.78, 5) is 26.7. The van der Waals surface area contributed by atoms with E-state index in [1.54, 1.807) is 27.7 Å². The molecular weight excluding hydrogens is 296 g/mol. The minimum Gasteiger partial charge on any atom is -0.480 e. The second kappa shape index (κ2) is 7.35. The summed E-state index contributed by atoms with van der Waals surface area (Å²) in [6.07, 6.45) is 0.604. The van der Waals surface area contributed by atoms with Crippen LogP contribution in [0.15, 0.2) is 10.8 Å². The molecule has 0 saturated carbocycles. The summed E-state index contributed by atoms with van der Waals surface area (Å²) in [5, 5.41) is 11.5. The molecule has 0 spiro atoms. The van der Waals surface area contributed by atoms with Crippen LogP contribution in [0.25, 0.3) is 0 Å². The summed E-state index contributed by atoms with van der Waals surface area (Å²) in [6, 6.07) is -1.02. The molecule has 0 aliphatic carbocycles. The molecule has 0 fully saturated rings. The molecule has 8 heteroatoms. The quantitative estimate of drug-likeness (QED) is 0.829. The predicted molar refractivity (Wildman–Crippen MR) is 78.2 cm³/mol. The van der Waals surface area contributed by atoms with Gasteiger partial charge in [-0.1, -0.05) is 0 Å². The van der Waals surface area contributed by atoms with Gasteiger partial charge >= 0.3 is 12.1 Å². The topological polar surface area (TPSA) is 102 Å². The largest absolute Gasteiger partial charge is 0.480 e. The van der Waals surface area contributed by atoms with Crippen molar-refractivity contribution < 1.29 is 23.8 Å². The van der Waals surface area contributed by atoms with Crippen molar-refractivity contribution in [2.24, 2.45) is 0 Å². The van der Waals surface area contributed by atoms with Gasteiger partial charge in [0.05, 0.1) is 5.69 Å². The van der Waals surface area contributed by atoms with Crippen molar-refractivity contribution in [1.29, 1.82) is 0 Å². The van der Waals surface area contributed by atoms with Crippen LogP contribution in [0.4, 0.5) is 4.79 Å². The number of ether oxygens (including phenoxy) is 1. The maximum atomic E-state index is 11.6. The lowest BCUT2D eigenvalue weighted by atomic mass is 10.2. The molecule has 0 aromatic carbocycles. The molecule has 0 aliphatic heterocycles. The van der Waals surface area contributed by atoms with Gasteiger partial charge in [0.25, 0.3) is 0 Å². The maximum absolute atomic E-state index is 11.6. The number of carbonyl (C=O) groups is 2. The molecule has 118 valence electrons. The molecule has 1 heterocycles. The predicted octanol–water partition coefficient (Wildman–Crippen LogP) is 2.19. The summed E-state index contributed by atoms with van der Waals surface area (Å²) >= 11 is 1.35. The van der Waals surface area contributed by atoms with Crippen LogP contribution >= 0.6 is 11.8 Å². The van der Waals surface area contributed by atoms with Crippen LogP contribution in [-0.4, -0.2) is 39.5 Å². The number of carbonyl (C=O) groups excluding carboxylic acids is 1. The van der Waals surface area contributed by atoms with E-state index in [4.69, 9.17) is 14.3 Å². The number of carboxylic acids is 1. The molecule has 1 aromatic heterocycles. The van der Waals surface area contributed by atoms with E-state index in [2.05, 4.69) is 10.3 Å². The minimum atomic E-state index is -1.11. The molecule has 1 atom stereocenters. The molecule has 21 heavy (non-hydrogen) atoms. The first-order valence-electron chi connectivity index (χ1n) is 6.38. The Morgan fingerprint density at radius 2 is 2.19 bits per heavy atom. The molecule has 0 aliphatic rings. The molecule has 0 bridgehead atoms. The minimum absolute atomic E-state index is 0.209. The molecule has 0 saturated heterocycles. The highest BCUT2D eigenvalue weighted by atomic mass is 32.2. The number of aliphatic carboxylic acids is 1. The van der Waals surface area contributed by atoms with Crippen LogP contribution in [0, 0.1) is 6.92 Å². The number of thioether (sulfide) groups is 1. The van der Waals surface area contributed by atoms with Gasteiger partial charge in [-0.15, -0.1) is 0 Å². The number of nitrogens with zero attached hydrogens (tertiary/aromatic N) is 1. The first-order chi connectivity index (χ1) is 9.69. The number of rotatable bonds is 6. The Morgan fingerprint density at radius 1 is 1.52 bits per heavy atom. The highest BCUT2D eigenvalue weighted by Gasteiger charge is 2.24. The van der Waals surface area contributed by atoms with E-state index < -0.39 is 23.7 Å². The molecule has 1 amide bonds. The summed E-state index contributed by atoms with van der Waals surface area (Å²) in [5.41, 5.74) is 0.0966. The number of aromatic nitrogens is 1. The third-order valence-electron chi connectivity index (χ3n) is 2.36. The highest BCUT2D eigenvalue weighted by Crippen LogP contribution is 2.15. The monoisotopic (exact) mass is 316 g/mol. The van der Waals surface area contributed by atoms with Crippen LogP contribution < -0.4 is 5.32 Å². The number of amides is 1. The van der Waals surface area contributed by atoms with Crippen LogP contribution in [0.3, 0.4) is 0 Å². The summed E-state index contributed by atoms with van der Waals surface area (Å²) in [5.74, 6) is 0.322. The van der Waals surface area contributed by atoms with E-state index in [0.717, 1.165) is 5.69 Å². The van der Waals surface area contributed by atoms with Crippen LogP contribution in [-0.2, 0) is 15.3 Å². The smallest absolute Gasteiger partial charge is 0.408 e. The number of hydrogen-bond acceptors (Lipinski definition) is 6. The summed E-state index contributed by atoms with van der Waals surface area (Å²) in [7, 11) is 0. The second-order valence-electron chi connectivity index (χ2n) is 5.41. The highest BCUT2D eigenvalue weighted by molar-refractivity contribution is 7.98. The van der Waals surface area contributed by atoms with Crippen molar-refractivity contribution in [1.82, 2.24) is 10.3 Å². The number of alkyl carbamates (subject to hydrolysis) is 1. The number of hydrogen-bond donors (Lipinski definition) is 2. The molecule has 7 nitrogen and oxygen atoms in total. The third-order valence-corrected chi connectivity index (χ3v) is 3.40. The fourth-order valence-electron chi connectivity index (χ4n) is 1.36. The van der Waals surface area contributed by atoms with E-state index in [-0.39, 0.29) is 5.75 Å². The second-order valence-corrected chi connectivity index (χ2v) is 6.44. The number of oxazole rings is 1. The molecule has 0 radical (unpaired) electrons. The zero-order valence-electron chi connectivity index (χ0n) is 12.5. The first-order valence-corrected chi connectivity index (χ1v) is 7.53. The molecular formula is C13H20N2O5S. The summed E-state index contributed by atoms with van der Waals surface area (Å²) in [6.45, 7) is 6.93. The average Bonchev–Trinajstić information content (AvgIpc) is 2.71. The van der Waals surface area contributed by atoms with Crippen molar-refractivity contribution in [2.75, 3.05) is 5.75 Å². The lowest BCUT2D eigenvalue weighted by molar-refractivity contribution is -0.138. The van der Waals surface area contributed by atoms with Gasteiger partial charge in [-0.05, 0) is 27.7 Å². The van der Waals surface area contributed by atoms with Gasteiger partial charge in [0, 0.05) is 11.5 Å². The molecule has 1 rings (SSSR count). The fourth-order valence-corrected chi connectivity index (χ4v) is 2.42. The van der Waals surface area contributed by atoms with E-state index in [9.17, 15) is 9.59 Å². The van der Waals surface area contributed by atoms with Crippen molar-refractivity contribution in [3.63, 3.8) is 0 Å². The zero-order valence-corrected chi connectivity index (χ0v) is 13.3. The lowest BCUT2D eigenvalue weighted by Gasteiger charge is -2.21. The molecule has 2 N–H and O–H groups in total. The van der Waals surface area contributed by atoms with Gasteiger partial charge in [0.15, 0.2) is 6.39 Å². The first kappa shape index (κ1) is 17.4. The third kappa shape index (κ3) is 6.52. The van der Waals surface area contributed by atoms with E-state index in [1.807, 2.05) is 0 Å². The van der Waals surface area contributed by atoms with Crippen molar-refractivity contribution >= 4 is 23.8 Å². The van der Waals surface area contributed by atoms with Gasteiger partial charge < -0.3 is 19.6 Å². The van der Waals surface area contributed by atoms with Gasteiger partial charge in [0.2, 0.25) is 0 Å². The van der Waals surface area contributed by atoms with Crippen LogP contribution in [0.1, 0.15) is 32.2 Å². The van der Waals surface area contributed by atoms with E-state index >= 15 is 0 Å². The normalized spacial score (nSPS) is 12.8. The Kier molecular flexibility index (Phi) is 6.07. The fraction of sp³-hybridized carbons (Fsp3) is 0.615. The van der Waals surface area contributed by atoms with Crippen LogP contribution in [0.2, 0.25) is 0 Å². The van der Waals surface area contributed by atoms with Crippen molar-refractivity contribution in [2.45, 2.75) is 45.1 Å². The SMILES string of the molecule is Cc1ocnc1CSCC(NC(=O)OC(C)(C)C)C(=O)O. The maximum Gasteiger partial charge on any atom is 0.408 e. The van der Waals surface area contributed by atoms with Crippen molar-refractivity contribution in [3.05, 3.63) is 17.8 Å². The summed E-state index contributed by atoms with van der Waals surface area (Å²) < 4.78 is 10.1. The Balaban J connectivity index is 2.45. The van der Waals surface area contributed by atoms with Gasteiger partial charge in [0.1, 0.15) is 17.4 Å². The zero-order chi connectivity index (χ0) is 16.0. The Labute approximate surface area is 127 Å².